The molecule has 0 unspecified atom stereocenters. The Morgan fingerprint density at radius 3 is 1.51 bits per heavy atom. The summed E-state index contributed by atoms with van der Waals surface area (Å²) >= 11 is 0. The van der Waals surface area contributed by atoms with Crippen LogP contribution in [-0.4, -0.2) is 19.5 Å². The zero-order valence-electron chi connectivity index (χ0n) is 37.0. The predicted octanol–water partition coefficient (Wildman–Crippen LogP) is 16.8. The van der Waals surface area contributed by atoms with Gasteiger partial charge < -0.3 is 13.4 Å². The van der Waals surface area contributed by atoms with Gasteiger partial charge >= 0.3 is 0 Å². The fraction of sp³-hybridized carbons (Fsp3) is 0. The van der Waals surface area contributed by atoms with Crippen LogP contribution in [0.25, 0.3) is 139 Å². The quantitative estimate of drug-likeness (QED) is 0.159. The molecule has 14 rings (SSSR count). The van der Waals surface area contributed by atoms with Gasteiger partial charge in [0.1, 0.15) is 22.3 Å². The average Bonchev–Trinajstić information content (AvgIpc) is 4.10. The number of hydrogen-bond donors (Lipinski definition) is 0. The van der Waals surface area contributed by atoms with Crippen LogP contribution >= 0.6 is 0 Å². The lowest BCUT2D eigenvalue weighted by atomic mass is 9.95. The Hall–Kier alpha value is -9.39. The summed E-state index contributed by atoms with van der Waals surface area (Å²) in [5.41, 5.74) is 16.3. The van der Waals surface area contributed by atoms with Gasteiger partial charge in [-0.05, 0) is 118 Å². The van der Waals surface area contributed by atoms with E-state index in [0.29, 0.717) is 17.5 Å². The predicted molar refractivity (Wildman–Crippen MR) is 281 cm³/mol. The lowest BCUT2D eigenvalue weighted by molar-refractivity contribution is 0.668. The van der Waals surface area contributed by atoms with Gasteiger partial charge in [-0.15, -0.1) is 0 Å². The molecular formula is C63H38N4O2. The smallest absolute Gasteiger partial charge is 0.164 e. The monoisotopic (exact) mass is 882 g/mol. The number of fused-ring (bicyclic) bond motifs is 9. The maximum absolute atomic E-state index is 6.55. The van der Waals surface area contributed by atoms with Crippen molar-refractivity contribution in [1.82, 2.24) is 19.5 Å². The molecule has 0 saturated carbocycles. The van der Waals surface area contributed by atoms with Crippen molar-refractivity contribution in [3.05, 3.63) is 231 Å². The lowest BCUT2D eigenvalue weighted by Gasteiger charge is -2.10. The number of benzene rings is 10. The van der Waals surface area contributed by atoms with E-state index in [1.165, 1.54) is 32.9 Å². The van der Waals surface area contributed by atoms with E-state index < -0.39 is 0 Å². The zero-order valence-corrected chi connectivity index (χ0v) is 37.0. The molecule has 0 fully saturated rings. The highest BCUT2D eigenvalue weighted by Gasteiger charge is 2.20. The highest BCUT2D eigenvalue weighted by molar-refractivity contribution is 6.13. The van der Waals surface area contributed by atoms with E-state index in [-0.39, 0.29) is 0 Å². The second-order valence-corrected chi connectivity index (χ2v) is 17.6. The van der Waals surface area contributed by atoms with E-state index in [1.54, 1.807) is 0 Å². The Kier molecular flexibility index (Phi) is 8.79. The first-order valence-corrected chi connectivity index (χ1v) is 23.2. The van der Waals surface area contributed by atoms with Gasteiger partial charge in [0, 0.05) is 54.7 Å². The molecule has 0 radical (unpaired) electrons. The molecule has 6 heteroatoms. The van der Waals surface area contributed by atoms with Gasteiger partial charge in [0.2, 0.25) is 0 Å². The summed E-state index contributed by atoms with van der Waals surface area (Å²) in [5, 5.41) is 6.48. The first-order valence-electron chi connectivity index (χ1n) is 23.2. The van der Waals surface area contributed by atoms with Crippen molar-refractivity contribution in [2.24, 2.45) is 0 Å². The minimum Gasteiger partial charge on any atom is -0.456 e. The van der Waals surface area contributed by atoms with Gasteiger partial charge in [-0.2, -0.15) is 0 Å². The molecule has 0 aliphatic heterocycles. The van der Waals surface area contributed by atoms with Gasteiger partial charge in [-0.3, -0.25) is 0 Å². The number of furan rings is 2. The summed E-state index contributed by atoms with van der Waals surface area (Å²) in [6.07, 6.45) is 0. The van der Waals surface area contributed by atoms with Crippen molar-refractivity contribution in [3.63, 3.8) is 0 Å². The minimum atomic E-state index is 0.567. The van der Waals surface area contributed by atoms with Crippen LogP contribution in [0.3, 0.4) is 0 Å². The largest absolute Gasteiger partial charge is 0.456 e. The number of nitrogens with zero attached hydrogens (tertiary/aromatic N) is 4. The number of rotatable bonds is 7. The van der Waals surface area contributed by atoms with Crippen LogP contribution in [0.1, 0.15) is 0 Å². The Morgan fingerprint density at radius 2 is 0.754 bits per heavy atom. The first-order chi connectivity index (χ1) is 34.2. The van der Waals surface area contributed by atoms with Gasteiger partial charge in [-0.1, -0.05) is 146 Å². The van der Waals surface area contributed by atoms with Crippen LogP contribution in [0, 0.1) is 0 Å². The second-order valence-electron chi connectivity index (χ2n) is 17.6. The molecule has 0 amide bonds. The summed E-state index contributed by atoms with van der Waals surface area (Å²) in [5.74, 6) is 1.74. The van der Waals surface area contributed by atoms with Crippen LogP contribution in [-0.2, 0) is 0 Å². The summed E-state index contributed by atoms with van der Waals surface area (Å²) < 4.78 is 15.1. The molecule has 0 saturated heterocycles. The summed E-state index contributed by atoms with van der Waals surface area (Å²) in [6.45, 7) is 0. The first kappa shape index (κ1) is 38.8. The third-order valence-corrected chi connectivity index (χ3v) is 13.5. The highest BCUT2D eigenvalue weighted by atomic mass is 16.3. The number of para-hydroxylation sites is 3. The van der Waals surface area contributed by atoms with Gasteiger partial charge in [0.15, 0.2) is 17.5 Å². The SMILES string of the molecule is c1ccc(-c2nc(-c3ccc4oc5ccccc5c4c3)nc(-c3cccc4oc5ccc(-c6cccc(-c7cccc(-c8ccc9c(c8)c8ccccc8n9-c8ccccc8)c7)c6)cc5c34)n2)cc1. The Labute approximate surface area is 396 Å². The normalized spacial score (nSPS) is 11.8. The Bertz CT molecular complexity index is 4320. The van der Waals surface area contributed by atoms with Crippen molar-refractivity contribution in [3.8, 4) is 73.2 Å². The molecule has 0 aliphatic rings. The molecule has 0 bridgehead atoms. The van der Waals surface area contributed by atoms with Crippen LogP contribution in [0.5, 0.6) is 0 Å². The number of aromatic nitrogens is 4. The van der Waals surface area contributed by atoms with E-state index in [0.717, 1.165) is 88.5 Å². The molecule has 10 aromatic carbocycles. The van der Waals surface area contributed by atoms with Gasteiger partial charge in [-0.25, -0.2) is 15.0 Å². The molecule has 4 heterocycles. The Morgan fingerprint density at radius 1 is 0.275 bits per heavy atom. The molecule has 14 aromatic rings. The summed E-state index contributed by atoms with van der Waals surface area (Å²) in [6, 6.07) is 80.7. The van der Waals surface area contributed by atoms with E-state index in [9.17, 15) is 0 Å². The molecule has 0 spiro atoms. The zero-order chi connectivity index (χ0) is 45.4. The highest BCUT2D eigenvalue weighted by Crippen LogP contribution is 2.41. The minimum absolute atomic E-state index is 0.567. The third kappa shape index (κ3) is 6.53. The van der Waals surface area contributed by atoms with Gasteiger partial charge in [0.05, 0.1) is 11.0 Å². The molecule has 4 aromatic heterocycles. The van der Waals surface area contributed by atoms with Crippen LogP contribution < -0.4 is 0 Å². The van der Waals surface area contributed by atoms with Crippen molar-refractivity contribution in [2.45, 2.75) is 0 Å². The van der Waals surface area contributed by atoms with Crippen LogP contribution in [0.2, 0.25) is 0 Å². The van der Waals surface area contributed by atoms with E-state index in [4.69, 9.17) is 23.8 Å². The van der Waals surface area contributed by atoms with E-state index in [2.05, 4.69) is 162 Å². The fourth-order valence-corrected chi connectivity index (χ4v) is 10.2. The molecule has 322 valence electrons. The van der Waals surface area contributed by atoms with E-state index in [1.807, 2.05) is 72.8 Å². The molecule has 6 nitrogen and oxygen atoms in total. The van der Waals surface area contributed by atoms with Gasteiger partial charge in [0.25, 0.3) is 0 Å². The third-order valence-electron chi connectivity index (χ3n) is 13.5. The van der Waals surface area contributed by atoms with E-state index >= 15 is 0 Å². The van der Waals surface area contributed by atoms with Crippen molar-refractivity contribution in [1.29, 1.82) is 0 Å². The summed E-state index contributed by atoms with van der Waals surface area (Å²) in [7, 11) is 0. The van der Waals surface area contributed by atoms with Crippen molar-refractivity contribution in [2.75, 3.05) is 0 Å². The Balaban J connectivity index is 0.852. The standard InChI is InChI=1S/C63H38N4O2/c1-3-14-39(15-4-1)61-64-62(46-30-33-57-52(38-46)49-23-8-10-26-56(49)68-57)66-63(65-61)50-24-13-27-59-60(50)53-37-45(29-32-58(53)69-59)43-19-12-17-41(35-43)40-16-11-18-42(34-40)44-28-31-55-51(36-44)48-22-7-9-25-54(48)67(55)47-20-5-2-6-21-47/h1-38H. The topological polar surface area (TPSA) is 69.9 Å². The maximum Gasteiger partial charge on any atom is 0.164 e. The van der Waals surface area contributed by atoms with Crippen molar-refractivity contribution < 1.29 is 8.83 Å². The fourth-order valence-electron chi connectivity index (χ4n) is 10.2. The second kappa shape index (κ2) is 15.6. The molecule has 0 N–H and O–H groups in total. The molecular weight excluding hydrogens is 845 g/mol. The molecule has 0 aliphatic carbocycles. The van der Waals surface area contributed by atoms with Crippen molar-refractivity contribution >= 4 is 65.7 Å². The number of hydrogen-bond acceptors (Lipinski definition) is 5. The average molecular weight is 883 g/mol. The lowest BCUT2D eigenvalue weighted by Crippen LogP contribution is -2.00. The van der Waals surface area contributed by atoms with Crippen LogP contribution in [0.4, 0.5) is 0 Å². The summed E-state index contributed by atoms with van der Waals surface area (Å²) in [4.78, 5) is 15.4. The molecule has 69 heavy (non-hydrogen) atoms. The maximum atomic E-state index is 6.55. The van der Waals surface area contributed by atoms with Crippen LogP contribution in [0.15, 0.2) is 239 Å². The molecule has 0 atom stereocenters.